The van der Waals surface area contributed by atoms with E-state index < -0.39 is 166 Å². The Balaban J connectivity index is 0.000000176. The molecule has 5 aliphatic heterocycles. The van der Waals surface area contributed by atoms with Crippen molar-refractivity contribution in [1.29, 1.82) is 0 Å². The number of halogens is 20. The van der Waals surface area contributed by atoms with Crippen LogP contribution in [0.25, 0.3) is 0 Å². The topological polar surface area (TPSA) is 185 Å². The lowest BCUT2D eigenvalue weighted by Crippen LogP contribution is -2.47. The van der Waals surface area contributed by atoms with Gasteiger partial charge in [0.05, 0.1) is 10.6 Å². The van der Waals surface area contributed by atoms with Gasteiger partial charge in [-0.2, -0.15) is 13.2 Å². The van der Waals surface area contributed by atoms with Crippen LogP contribution in [0, 0.1) is 17.5 Å². The summed E-state index contributed by atoms with van der Waals surface area (Å²) in [6.45, 7) is -10.7. The van der Waals surface area contributed by atoms with Crippen molar-refractivity contribution < 1.29 is 112 Å². The molecule has 0 unspecified atom stereocenters. The van der Waals surface area contributed by atoms with E-state index in [9.17, 15) is 83.4 Å². The lowest BCUT2D eigenvalue weighted by Gasteiger charge is -2.37. The van der Waals surface area contributed by atoms with Crippen molar-refractivity contribution in [3.05, 3.63) is 141 Å². The highest BCUT2D eigenvalue weighted by atomic mass is 35.5. The molecule has 488 valence electrons. The van der Waals surface area contributed by atoms with Crippen LogP contribution in [0.15, 0.2) is 84.9 Å². The Kier molecular flexibility index (Phi) is 23.0. The van der Waals surface area contributed by atoms with Crippen molar-refractivity contribution in [2.24, 2.45) is 28.7 Å². The molecule has 5 atom stereocenters. The van der Waals surface area contributed by atoms with Gasteiger partial charge < -0.3 is 57.1 Å². The van der Waals surface area contributed by atoms with Crippen molar-refractivity contribution in [3.8, 4) is 34.5 Å². The standard InChI is InChI=1S/C12H12F5NO2.C12H12F5NO.C11H12ClF2NO.C11H11F4NO.C11H12F3NO/c13-5-11(6-14)4-9(18)8-2-1-7(3-10(8)20-11)19-12(15,16)17;13-5-11(6-14)4-9(18)8-2-1-7(12(15,16)17)3-10(8)19-11;12-8-3-1-2-7-9(15)4-11(5-13,6-14)16-10(7)8;12-4-11(5-13)3-9(16)7-1-6(14)2-8(15)10(7)17-11;12-5-11(6-13)4-9(15)7-2-1-3-8(14)10(7)16-11/h1-3,9H,4-6,18H2;1-3,9H,4-6,18H2;1-3,9H,4-6,15H2;1-2,9H,3-5,16H2;1-3,9H,4-6,15H2/t5*9-/m11111/s1. The molecule has 0 amide bonds. The Bertz CT molecular complexity index is 3060. The molecule has 0 spiro atoms. The molecule has 88 heavy (non-hydrogen) atoms. The first-order chi connectivity index (χ1) is 41.3. The minimum atomic E-state index is -4.86. The zero-order valence-corrected chi connectivity index (χ0v) is 46.7. The second kappa shape index (κ2) is 28.7. The minimum Gasteiger partial charge on any atom is -0.481 e. The molecule has 10 rings (SSSR count). The van der Waals surface area contributed by atoms with Crippen molar-refractivity contribution in [2.45, 2.75) is 103 Å². The second-order valence-electron chi connectivity index (χ2n) is 21.4. The summed E-state index contributed by atoms with van der Waals surface area (Å²) < 4.78 is 272. The molecule has 5 aromatic carbocycles. The number of nitrogens with two attached hydrogens (primary N) is 5. The van der Waals surface area contributed by atoms with Gasteiger partial charge in [0, 0.05) is 102 Å². The van der Waals surface area contributed by atoms with Crippen LogP contribution in [0.2, 0.25) is 5.02 Å². The van der Waals surface area contributed by atoms with Gasteiger partial charge >= 0.3 is 12.5 Å². The van der Waals surface area contributed by atoms with Crippen LogP contribution in [-0.4, -0.2) is 101 Å². The molecule has 5 aliphatic rings. The molecular formula is C57H59ClF19N5O6. The Morgan fingerprint density at radius 2 is 0.773 bits per heavy atom. The molecule has 10 N–H and O–H groups in total. The van der Waals surface area contributed by atoms with Gasteiger partial charge in [0.1, 0.15) is 95.6 Å². The SMILES string of the molecule is N[C@@H]1CC(CF)(CF)Oc2c(Cl)cccc21.N[C@@H]1CC(CF)(CF)Oc2c(F)cc(F)cc21.N[C@@H]1CC(CF)(CF)Oc2c(F)cccc21.N[C@@H]1CC(CF)(CF)Oc2cc(C(F)(F)F)ccc21.N[C@@H]1CC(CF)(CF)Oc2cc(OC(F)(F)F)ccc21. The number of para-hydroxylation sites is 2. The molecule has 0 aliphatic carbocycles. The van der Waals surface area contributed by atoms with E-state index in [4.69, 9.17) is 64.0 Å². The molecule has 0 saturated carbocycles. The first-order valence-electron chi connectivity index (χ1n) is 26.3. The summed E-state index contributed by atoms with van der Waals surface area (Å²) in [6, 6.07) is 13.7. The summed E-state index contributed by atoms with van der Waals surface area (Å²) in [5, 5.41) is 0.332. The predicted molar refractivity (Wildman–Crippen MR) is 283 cm³/mol. The van der Waals surface area contributed by atoms with E-state index in [2.05, 4.69) is 4.74 Å². The zero-order chi connectivity index (χ0) is 65.4. The Hall–Kier alpha value is -6.34. The average Bonchev–Trinajstić information content (AvgIpc) is 1.95. The van der Waals surface area contributed by atoms with Gasteiger partial charge in [-0.1, -0.05) is 48.0 Å². The second-order valence-corrected chi connectivity index (χ2v) is 21.8. The molecule has 0 saturated heterocycles. The Morgan fingerprint density at radius 3 is 1.20 bits per heavy atom. The summed E-state index contributed by atoms with van der Waals surface area (Å²) in [7, 11) is 0. The molecule has 0 aromatic heterocycles. The van der Waals surface area contributed by atoms with Crippen LogP contribution in [0.4, 0.5) is 83.4 Å². The lowest BCUT2D eigenvalue weighted by atomic mass is 9.88. The molecule has 11 nitrogen and oxygen atoms in total. The van der Waals surface area contributed by atoms with E-state index in [1.807, 2.05) is 0 Å². The van der Waals surface area contributed by atoms with Gasteiger partial charge in [-0.3, -0.25) is 0 Å². The third kappa shape index (κ3) is 16.2. The molecule has 31 heteroatoms. The van der Waals surface area contributed by atoms with Gasteiger partial charge in [0.15, 0.2) is 51.1 Å². The average molecular weight is 1310 g/mol. The van der Waals surface area contributed by atoms with E-state index in [0.717, 1.165) is 30.3 Å². The maximum absolute atomic E-state index is 13.5. The number of ether oxygens (including phenoxy) is 6. The Morgan fingerprint density at radius 1 is 0.409 bits per heavy atom. The van der Waals surface area contributed by atoms with Crippen molar-refractivity contribution in [3.63, 3.8) is 0 Å². The van der Waals surface area contributed by atoms with E-state index in [0.29, 0.717) is 39.1 Å². The van der Waals surface area contributed by atoms with Crippen molar-refractivity contribution >= 4 is 11.6 Å². The van der Waals surface area contributed by atoms with Crippen LogP contribution in [0.5, 0.6) is 34.5 Å². The summed E-state index contributed by atoms with van der Waals surface area (Å²) in [5.74, 6) is -3.45. The van der Waals surface area contributed by atoms with Gasteiger partial charge in [-0.25, -0.2) is 57.1 Å². The maximum Gasteiger partial charge on any atom is 0.573 e. The number of fused-ring (bicyclic) bond motifs is 5. The van der Waals surface area contributed by atoms with Gasteiger partial charge in [-0.05, 0) is 36.4 Å². The molecule has 0 fully saturated rings. The third-order valence-corrected chi connectivity index (χ3v) is 14.9. The van der Waals surface area contributed by atoms with E-state index >= 15 is 0 Å². The minimum absolute atomic E-state index is 0.0104. The molecular weight excluding hydrogens is 1250 g/mol. The quantitative estimate of drug-likeness (QED) is 0.0793. The first kappa shape index (κ1) is 70.7. The van der Waals surface area contributed by atoms with Crippen LogP contribution in [0.1, 0.15) is 95.7 Å². The number of benzene rings is 5. The highest BCUT2D eigenvalue weighted by Gasteiger charge is 2.47. The molecule has 0 bridgehead atoms. The summed E-state index contributed by atoms with van der Waals surface area (Å²) in [4.78, 5) is 0. The largest absolute Gasteiger partial charge is 0.573 e. The fourth-order valence-electron chi connectivity index (χ4n) is 9.90. The molecule has 0 radical (unpaired) electrons. The number of alkyl halides is 16. The van der Waals surface area contributed by atoms with E-state index in [-0.39, 0.29) is 60.7 Å². The van der Waals surface area contributed by atoms with Crippen LogP contribution < -0.4 is 57.1 Å². The fraction of sp³-hybridized carbons (Fsp3) is 0.474. The molecule has 5 aromatic rings. The van der Waals surface area contributed by atoms with Gasteiger partial charge in [-0.15, -0.1) is 13.2 Å². The summed E-state index contributed by atoms with van der Waals surface area (Å²) in [6.07, 6.45) is -9.64. The van der Waals surface area contributed by atoms with Gasteiger partial charge in [0.25, 0.3) is 0 Å². The predicted octanol–water partition coefficient (Wildman–Crippen LogP) is 13.7. The van der Waals surface area contributed by atoms with Gasteiger partial charge in [0.2, 0.25) is 0 Å². The highest BCUT2D eigenvalue weighted by molar-refractivity contribution is 6.32. The number of hydrogen-bond donors (Lipinski definition) is 5. The van der Waals surface area contributed by atoms with Crippen LogP contribution in [0.3, 0.4) is 0 Å². The van der Waals surface area contributed by atoms with Crippen LogP contribution in [-0.2, 0) is 6.18 Å². The number of rotatable bonds is 11. The normalized spacial score (nSPS) is 21.8. The third-order valence-electron chi connectivity index (χ3n) is 14.6. The smallest absolute Gasteiger partial charge is 0.481 e. The van der Waals surface area contributed by atoms with Crippen LogP contribution >= 0.6 is 11.6 Å². The van der Waals surface area contributed by atoms with Crippen molar-refractivity contribution in [1.82, 2.24) is 0 Å². The summed E-state index contributed by atoms with van der Waals surface area (Å²) in [5.41, 5.74) is 21.4. The fourth-order valence-corrected chi connectivity index (χ4v) is 10.1. The van der Waals surface area contributed by atoms with E-state index in [1.165, 1.54) is 24.3 Å². The highest BCUT2D eigenvalue weighted by Crippen LogP contribution is 2.47. The number of hydrogen-bond acceptors (Lipinski definition) is 11. The monoisotopic (exact) mass is 1310 g/mol. The van der Waals surface area contributed by atoms with E-state index in [1.54, 1.807) is 24.3 Å². The first-order valence-corrected chi connectivity index (χ1v) is 26.7. The lowest BCUT2D eigenvalue weighted by molar-refractivity contribution is -0.274. The maximum atomic E-state index is 13.5. The zero-order valence-electron chi connectivity index (χ0n) is 46.0. The molecule has 5 heterocycles. The Labute approximate surface area is 495 Å². The van der Waals surface area contributed by atoms with Crippen molar-refractivity contribution in [2.75, 3.05) is 66.7 Å². The summed E-state index contributed by atoms with van der Waals surface area (Å²) >= 11 is 5.92.